The van der Waals surface area contributed by atoms with Crippen molar-refractivity contribution in [1.29, 1.82) is 0 Å². The Labute approximate surface area is 119 Å². The van der Waals surface area contributed by atoms with Gasteiger partial charge in [-0.15, -0.1) is 0 Å². The van der Waals surface area contributed by atoms with Gasteiger partial charge in [0.2, 0.25) is 0 Å². The first-order valence-electron chi connectivity index (χ1n) is 5.90. The van der Waals surface area contributed by atoms with Crippen LogP contribution in [-0.4, -0.2) is 7.05 Å². The van der Waals surface area contributed by atoms with Crippen LogP contribution in [0.5, 0.6) is 0 Å². The molecule has 0 radical (unpaired) electrons. The smallest absolute Gasteiger partial charge is 0.124 e. The zero-order valence-electron chi connectivity index (χ0n) is 10.7. The van der Waals surface area contributed by atoms with Crippen molar-refractivity contribution >= 4 is 15.9 Å². The fraction of sp³-hybridized carbons (Fsp3) is 0.200. The highest BCUT2D eigenvalue weighted by atomic mass is 79.9. The average molecular weight is 326 g/mol. The lowest BCUT2D eigenvalue weighted by atomic mass is 9.97. The summed E-state index contributed by atoms with van der Waals surface area (Å²) < 4.78 is 27.6. The van der Waals surface area contributed by atoms with E-state index in [9.17, 15) is 8.78 Å². The topological polar surface area (TPSA) is 12.0 Å². The first-order valence-corrected chi connectivity index (χ1v) is 6.69. The Morgan fingerprint density at radius 3 is 2.05 bits per heavy atom. The Balaban J connectivity index is 2.49. The Kier molecular flexibility index (Phi) is 4.32. The Morgan fingerprint density at radius 1 is 0.947 bits per heavy atom. The van der Waals surface area contributed by atoms with Gasteiger partial charge in [-0.05, 0) is 61.0 Å². The van der Waals surface area contributed by atoms with Crippen LogP contribution in [0.1, 0.15) is 22.7 Å². The van der Waals surface area contributed by atoms with E-state index in [-0.39, 0.29) is 17.7 Å². The van der Waals surface area contributed by atoms with Crippen LogP contribution in [0.25, 0.3) is 0 Å². The molecular formula is C15H14BrF2N. The minimum Gasteiger partial charge on any atom is -0.309 e. The summed E-state index contributed by atoms with van der Waals surface area (Å²) in [6.07, 6.45) is 0. The van der Waals surface area contributed by atoms with Gasteiger partial charge in [-0.25, -0.2) is 8.78 Å². The number of nitrogens with one attached hydrogen (secondary N) is 1. The van der Waals surface area contributed by atoms with Gasteiger partial charge >= 0.3 is 0 Å². The fourth-order valence-corrected chi connectivity index (χ4v) is 2.68. The van der Waals surface area contributed by atoms with Gasteiger partial charge in [0.05, 0.1) is 6.04 Å². The summed E-state index contributed by atoms with van der Waals surface area (Å²) in [5.41, 5.74) is 2.36. The van der Waals surface area contributed by atoms with E-state index in [0.29, 0.717) is 4.47 Å². The number of aryl methyl sites for hydroxylation is 1. The highest BCUT2D eigenvalue weighted by molar-refractivity contribution is 9.10. The van der Waals surface area contributed by atoms with Gasteiger partial charge < -0.3 is 5.32 Å². The maximum atomic E-state index is 13.5. The van der Waals surface area contributed by atoms with Crippen LogP contribution in [-0.2, 0) is 0 Å². The summed E-state index contributed by atoms with van der Waals surface area (Å²) in [4.78, 5) is 0. The van der Waals surface area contributed by atoms with E-state index >= 15 is 0 Å². The molecule has 0 aliphatic heterocycles. The molecule has 0 amide bonds. The maximum Gasteiger partial charge on any atom is 0.124 e. The third-order valence-electron chi connectivity index (χ3n) is 2.90. The minimum absolute atomic E-state index is 0.249. The van der Waals surface area contributed by atoms with Gasteiger partial charge in [0, 0.05) is 4.47 Å². The summed E-state index contributed by atoms with van der Waals surface area (Å²) in [6, 6.07) is 9.25. The Hall–Kier alpha value is -1.26. The van der Waals surface area contributed by atoms with E-state index in [1.807, 2.05) is 19.1 Å². The summed E-state index contributed by atoms with van der Waals surface area (Å²) in [6.45, 7) is 1.83. The summed E-state index contributed by atoms with van der Waals surface area (Å²) in [5.74, 6) is -0.608. The molecular weight excluding hydrogens is 312 g/mol. The second kappa shape index (κ2) is 5.80. The van der Waals surface area contributed by atoms with Crippen molar-refractivity contribution in [3.63, 3.8) is 0 Å². The minimum atomic E-state index is -0.322. The Bertz CT molecular complexity index is 507. The zero-order chi connectivity index (χ0) is 14.0. The number of halogens is 3. The molecule has 1 unspecified atom stereocenters. The molecule has 0 spiro atoms. The van der Waals surface area contributed by atoms with Crippen LogP contribution in [0, 0.1) is 18.6 Å². The lowest BCUT2D eigenvalue weighted by Crippen LogP contribution is -2.18. The molecule has 19 heavy (non-hydrogen) atoms. The summed E-state index contributed by atoms with van der Waals surface area (Å²) in [5, 5.41) is 3.09. The van der Waals surface area contributed by atoms with Crippen LogP contribution < -0.4 is 5.32 Å². The van der Waals surface area contributed by atoms with Crippen molar-refractivity contribution in [2.75, 3.05) is 7.05 Å². The monoisotopic (exact) mass is 325 g/mol. The molecule has 0 fully saturated rings. The first-order chi connectivity index (χ1) is 8.99. The lowest BCUT2D eigenvalue weighted by Gasteiger charge is -2.18. The van der Waals surface area contributed by atoms with E-state index in [4.69, 9.17) is 0 Å². The molecule has 2 aromatic rings. The molecule has 2 rings (SSSR count). The molecule has 0 aromatic heterocycles. The van der Waals surface area contributed by atoms with Crippen molar-refractivity contribution in [1.82, 2.24) is 5.32 Å². The average Bonchev–Trinajstić information content (AvgIpc) is 2.27. The van der Waals surface area contributed by atoms with E-state index in [0.717, 1.165) is 16.7 Å². The standard InChI is InChI=1S/C15H14BrF2N/c1-9-3-10(6-13(17)4-9)15(19-2)11-5-12(16)8-14(18)7-11/h3-8,15,19H,1-2H3. The summed E-state index contributed by atoms with van der Waals surface area (Å²) >= 11 is 3.27. The van der Waals surface area contributed by atoms with E-state index in [1.54, 1.807) is 7.05 Å². The second-order valence-corrected chi connectivity index (χ2v) is 5.40. The maximum absolute atomic E-state index is 13.5. The van der Waals surface area contributed by atoms with E-state index in [1.165, 1.54) is 24.3 Å². The molecule has 0 heterocycles. The molecule has 1 N–H and O–H groups in total. The third-order valence-corrected chi connectivity index (χ3v) is 3.36. The van der Waals surface area contributed by atoms with Crippen LogP contribution >= 0.6 is 15.9 Å². The first kappa shape index (κ1) is 14.2. The van der Waals surface area contributed by atoms with Crippen LogP contribution in [0.3, 0.4) is 0 Å². The third kappa shape index (κ3) is 3.39. The molecule has 2 aromatic carbocycles. The van der Waals surface area contributed by atoms with Crippen LogP contribution in [0.2, 0.25) is 0 Å². The number of hydrogen-bond acceptors (Lipinski definition) is 1. The highest BCUT2D eigenvalue weighted by Gasteiger charge is 2.14. The van der Waals surface area contributed by atoms with Crippen molar-refractivity contribution in [2.24, 2.45) is 0 Å². The molecule has 1 nitrogen and oxygen atoms in total. The van der Waals surface area contributed by atoms with E-state index in [2.05, 4.69) is 21.2 Å². The van der Waals surface area contributed by atoms with Gasteiger partial charge in [-0.2, -0.15) is 0 Å². The van der Waals surface area contributed by atoms with Gasteiger partial charge in [-0.1, -0.05) is 22.0 Å². The molecule has 100 valence electrons. The molecule has 0 aliphatic rings. The van der Waals surface area contributed by atoms with Gasteiger partial charge in [0.25, 0.3) is 0 Å². The van der Waals surface area contributed by atoms with Crippen LogP contribution in [0.15, 0.2) is 40.9 Å². The fourth-order valence-electron chi connectivity index (χ4n) is 2.20. The predicted octanol–water partition coefficient (Wildman–Crippen LogP) is 4.34. The van der Waals surface area contributed by atoms with Gasteiger partial charge in [-0.3, -0.25) is 0 Å². The van der Waals surface area contributed by atoms with Crippen molar-refractivity contribution in [3.8, 4) is 0 Å². The van der Waals surface area contributed by atoms with Crippen molar-refractivity contribution < 1.29 is 8.78 Å². The van der Waals surface area contributed by atoms with Crippen molar-refractivity contribution in [3.05, 3.63) is 69.2 Å². The lowest BCUT2D eigenvalue weighted by molar-refractivity contribution is 0.607. The number of hydrogen-bond donors (Lipinski definition) is 1. The Morgan fingerprint density at radius 2 is 1.53 bits per heavy atom. The predicted molar refractivity (Wildman–Crippen MR) is 76.1 cm³/mol. The molecule has 0 saturated heterocycles. The molecule has 0 saturated carbocycles. The van der Waals surface area contributed by atoms with Gasteiger partial charge in [0.15, 0.2) is 0 Å². The second-order valence-electron chi connectivity index (χ2n) is 4.49. The quantitative estimate of drug-likeness (QED) is 0.884. The van der Waals surface area contributed by atoms with E-state index < -0.39 is 0 Å². The largest absolute Gasteiger partial charge is 0.309 e. The number of rotatable bonds is 3. The molecule has 0 bridgehead atoms. The number of benzene rings is 2. The van der Waals surface area contributed by atoms with Crippen molar-refractivity contribution in [2.45, 2.75) is 13.0 Å². The zero-order valence-corrected chi connectivity index (χ0v) is 12.3. The highest BCUT2D eigenvalue weighted by Crippen LogP contribution is 2.26. The van der Waals surface area contributed by atoms with Crippen LogP contribution in [0.4, 0.5) is 8.78 Å². The summed E-state index contributed by atoms with van der Waals surface area (Å²) in [7, 11) is 1.77. The normalized spacial score (nSPS) is 12.5. The molecule has 4 heteroatoms. The molecule has 1 atom stereocenters. The van der Waals surface area contributed by atoms with Gasteiger partial charge in [0.1, 0.15) is 11.6 Å². The molecule has 0 aliphatic carbocycles. The SMILES string of the molecule is CNC(c1cc(C)cc(F)c1)c1cc(F)cc(Br)c1.